The van der Waals surface area contributed by atoms with Gasteiger partial charge in [-0.25, -0.2) is 9.64 Å². The number of hydrogen-bond acceptors (Lipinski definition) is 4. The van der Waals surface area contributed by atoms with Crippen LogP contribution in [0.2, 0.25) is 5.02 Å². The lowest BCUT2D eigenvalue weighted by Crippen LogP contribution is -2.58. The summed E-state index contributed by atoms with van der Waals surface area (Å²) < 4.78 is -1.20. The monoisotopic (exact) mass is 640 g/mol. The maximum Gasteiger partial charge on any atom is 0.317 e. The van der Waals surface area contributed by atoms with Crippen molar-refractivity contribution in [2.75, 3.05) is 32.7 Å². The third-order valence-corrected chi connectivity index (χ3v) is 10.1. The van der Waals surface area contributed by atoms with E-state index in [1.165, 1.54) is 11.8 Å². The molecule has 0 spiro atoms. The number of benzene rings is 3. The van der Waals surface area contributed by atoms with Gasteiger partial charge in [0, 0.05) is 71.8 Å². The second kappa shape index (κ2) is 12.9. The molecule has 0 unspecified atom stereocenters. The highest BCUT2D eigenvalue weighted by Crippen LogP contribution is 2.55. The van der Waals surface area contributed by atoms with Crippen molar-refractivity contribution in [1.82, 2.24) is 25.0 Å². The van der Waals surface area contributed by atoms with E-state index in [-0.39, 0.29) is 30.8 Å². The maximum atomic E-state index is 15.0. The molecule has 4 aromatic rings. The van der Waals surface area contributed by atoms with Gasteiger partial charge in [-0.05, 0) is 36.8 Å². The molecule has 45 heavy (non-hydrogen) atoms. The fourth-order valence-corrected chi connectivity index (χ4v) is 7.97. The lowest BCUT2D eigenvalue weighted by atomic mass is 9.90. The second-order valence-corrected chi connectivity index (χ2v) is 13.1. The predicted octanol–water partition coefficient (Wildman–Crippen LogP) is 6.25. The lowest BCUT2D eigenvalue weighted by Gasteiger charge is -2.42. The lowest BCUT2D eigenvalue weighted by molar-refractivity contribution is -0.136. The Balaban J connectivity index is 1.45. The van der Waals surface area contributed by atoms with E-state index in [4.69, 9.17) is 18.2 Å². The Kier molecular flexibility index (Phi) is 8.74. The van der Waals surface area contributed by atoms with Crippen LogP contribution in [0.3, 0.4) is 0 Å². The number of likely N-dealkylation sites (tertiary alicyclic amines) is 1. The zero-order valence-corrected chi connectivity index (χ0v) is 26.4. The van der Waals surface area contributed by atoms with Crippen LogP contribution in [-0.2, 0) is 16.1 Å². The average molecular weight is 641 g/mol. The minimum Gasteiger partial charge on any atom is -0.361 e. The summed E-state index contributed by atoms with van der Waals surface area (Å²) in [7, 11) is 0. The summed E-state index contributed by atoms with van der Waals surface area (Å²) in [5.41, 5.74) is 3.04. The molecule has 0 aliphatic carbocycles. The second-order valence-electron chi connectivity index (χ2n) is 11.2. The summed E-state index contributed by atoms with van der Waals surface area (Å²) in [6, 6.07) is 21.8. The van der Waals surface area contributed by atoms with Gasteiger partial charge in [0.25, 0.3) is 0 Å². The molecule has 2 atom stereocenters. The molecule has 0 radical (unpaired) electrons. The number of nitrogens with one attached hydrogen (secondary N) is 2. The van der Waals surface area contributed by atoms with Gasteiger partial charge in [-0.3, -0.25) is 9.59 Å². The van der Waals surface area contributed by atoms with Gasteiger partial charge >= 0.3 is 6.03 Å². The Morgan fingerprint density at radius 3 is 2.44 bits per heavy atom. The van der Waals surface area contributed by atoms with Crippen molar-refractivity contribution >= 4 is 57.8 Å². The number of aromatic nitrogens is 1. The van der Waals surface area contributed by atoms with Gasteiger partial charge in [-0.15, -0.1) is 11.8 Å². The number of amides is 4. The standard InChI is InChI=1S/C34H33ClN6O3S/c1-3-37-33(44)40-17-15-39(16-18-40)32(43)34(45-26-7-5-4-6-8-26)20-30(42)41(22-23-9-12-25(36-2)13-10-23)31(34)28-21-38-29-19-24(35)11-14-27(28)29/h4-14,19,21,31,38H,3,15-18,20,22H2,1H3,(H,37,44)/t31-,34-/m0/s1. The van der Waals surface area contributed by atoms with Gasteiger partial charge in [0.1, 0.15) is 4.75 Å². The Hall–Kier alpha value is -4.46. The SMILES string of the molecule is [C-]#[N+]c1ccc(CN2C(=O)C[C@@](Sc3ccccc3)(C(=O)N3CCN(C(=O)NCC)CC3)[C@@H]2c2c[nH]c3cc(Cl)ccc23)cc1. The summed E-state index contributed by atoms with van der Waals surface area (Å²) >= 11 is 7.77. The number of carbonyl (C=O) groups is 3. The number of rotatable bonds is 7. The van der Waals surface area contributed by atoms with Crippen LogP contribution in [0.25, 0.3) is 15.7 Å². The van der Waals surface area contributed by atoms with E-state index in [0.717, 1.165) is 26.9 Å². The number of fused-ring (bicyclic) bond motifs is 1. The molecule has 2 aliphatic rings. The third-order valence-electron chi connectivity index (χ3n) is 8.46. The zero-order chi connectivity index (χ0) is 31.6. The first-order valence-electron chi connectivity index (χ1n) is 14.9. The number of H-pyrrole nitrogens is 1. The quantitative estimate of drug-likeness (QED) is 0.234. The first kappa shape index (κ1) is 30.6. The fraction of sp³-hybridized carbons (Fsp3) is 0.294. The molecule has 0 bridgehead atoms. The number of urea groups is 1. The van der Waals surface area contributed by atoms with E-state index in [9.17, 15) is 14.4 Å². The van der Waals surface area contributed by atoms with Crippen molar-refractivity contribution < 1.29 is 14.4 Å². The maximum absolute atomic E-state index is 15.0. The molecule has 4 amide bonds. The van der Waals surface area contributed by atoms with Crippen molar-refractivity contribution in [3.63, 3.8) is 0 Å². The van der Waals surface area contributed by atoms with Gasteiger partial charge in [-0.1, -0.05) is 60.1 Å². The van der Waals surface area contributed by atoms with Crippen molar-refractivity contribution in [2.45, 2.75) is 35.6 Å². The molecular formula is C34H33ClN6O3S. The van der Waals surface area contributed by atoms with Crippen LogP contribution in [0.15, 0.2) is 83.9 Å². The van der Waals surface area contributed by atoms with Crippen LogP contribution < -0.4 is 5.32 Å². The van der Waals surface area contributed by atoms with Crippen LogP contribution >= 0.6 is 23.4 Å². The van der Waals surface area contributed by atoms with E-state index in [2.05, 4.69) is 15.1 Å². The molecule has 3 heterocycles. The van der Waals surface area contributed by atoms with Crippen LogP contribution in [0.5, 0.6) is 0 Å². The van der Waals surface area contributed by atoms with Crippen LogP contribution in [-0.4, -0.2) is 75.0 Å². The number of nitrogens with zero attached hydrogens (tertiary/aromatic N) is 4. The smallest absolute Gasteiger partial charge is 0.317 e. The largest absolute Gasteiger partial charge is 0.361 e. The first-order valence-corrected chi connectivity index (χ1v) is 16.1. The number of aromatic amines is 1. The molecule has 0 saturated carbocycles. The van der Waals surface area contributed by atoms with E-state index in [1.807, 2.05) is 83.6 Å². The minimum absolute atomic E-state index is 0.00694. The summed E-state index contributed by atoms with van der Waals surface area (Å²) in [5, 5.41) is 4.31. The fourth-order valence-electron chi connectivity index (χ4n) is 6.31. The minimum atomic E-state index is -1.20. The molecule has 230 valence electrons. The highest BCUT2D eigenvalue weighted by molar-refractivity contribution is 8.01. The van der Waals surface area contributed by atoms with Crippen LogP contribution in [0, 0.1) is 6.57 Å². The normalized spacial score (nSPS) is 20.0. The average Bonchev–Trinajstić information content (AvgIpc) is 3.58. The molecule has 2 fully saturated rings. The van der Waals surface area contributed by atoms with E-state index in [0.29, 0.717) is 43.4 Å². The van der Waals surface area contributed by atoms with Gasteiger partial charge in [-0.2, -0.15) is 0 Å². The molecule has 6 rings (SSSR count). The van der Waals surface area contributed by atoms with Gasteiger partial charge < -0.3 is 25.0 Å². The molecule has 11 heteroatoms. The molecule has 2 aliphatic heterocycles. The van der Waals surface area contributed by atoms with Gasteiger partial charge in [0.05, 0.1) is 19.0 Å². The Morgan fingerprint density at radius 2 is 1.76 bits per heavy atom. The van der Waals surface area contributed by atoms with E-state index in [1.54, 1.807) is 17.0 Å². The third kappa shape index (κ3) is 5.98. The molecule has 2 N–H and O–H groups in total. The molecule has 2 saturated heterocycles. The molecule has 1 aromatic heterocycles. The summed E-state index contributed by atoms with van der Waals surface area (Å²) in [5.74, 6) is -0.255. The Labute approximate surface area is 271 Å². The summed E-state index contributed by atoms with van der Waals surface area (Å²) in [6.07, 6.45) is 1.90. The first-order chi connectivity index (χ1) is 21.8. The number of piperazine rings is 1. The Bertz CT molecular complexity index is 1760. The highest BCUT2D eigenvalue weighted by Gasteiger charge is 2.59. The number of halogens is 1. The highest BCUT2D eigenvalue weighted by atomic mass is 35.5. The Morgan fingerprint density at radius 1 is 1.04 bits per heavy atom. The number of hydrogen-bond donors (Lipinski definition) is 2. The predicted molar refractivity (Wildman–Crippen MR) is 176 cm³/mol. The summed E-state index contributed by atoms with van der Waals surface area (Å²) in [4.78, 5) is 54.8. The van der Waals surface area contributed by atoms with Crippen LogP contribution in [0.4, 0.5) is 10.5 Å². The van der Waals surface area contributed by atoms with Crippen molar-refractivity contribution in [2.24, 2.45) is 0 Å². The summed E-state index contributed by atoms with van der Waals surface area (Å²) in [6.45, 7) is 11.6. The van der Waals surface area contributed by atoms with E-state index < -0.39 is 10.8 Å². The van der Waals surface area contributed by atoms with Crippen molar-refractivity contribution in [3.8, 4) is 0 Å². The molecular weight excluding hydrogens is 608 g/mol. The van der Waals surface area contributed by atoms with Gasteiger partial charge in [0.2, 0.25) is 11.8 Å². The molecule has 9 nitrogen and oxygen atoms in total. The zero-order valence-electron chi connectivity index (χ0n) is 24.8. The topological polar surface area (TPSA) is 93.1 Å². The van der Waals surface area contributed by atoms with Crippen molar-refractivity contribution in [1.29, 1.82) is 0 Å². The van der Waals surface area contributed by atoms with Gasteiger partial charge in [0.15, 0.2) is 5.69 Å². The number of carbonyl (C=O) groups excluding carboxylic acids is 3. The van der Waals surface area contributed by atoms with E-state index >= 15 is 0 Å². The molecule has 3 aromatic carbocycles. The van der Waals surface area contributed by atoms with Crippen LogP contribution in [0.1, 0.15) is 30.5 Å². The number of thioether (sulfide) groups is 1. The van der Waals surface area contributed by atoms with Crippen molar-refractivity contribution in [3.05, 3.63) is 107 Å².